The van der Waals surface area contributed by atoms with Crippen molar-refractivity contribution in [2.45, 2.75) is 91.5 Å². The first-order valence-electron chi connectivity index (χ1n) is 10.1. The van der Waals surface area contributed by atoms with Crippen LogP contribution in [0.2, 0.25) is 0 Å². The summed E-state index contributed by atoms with van der Waals surface area (Å²) in [6.07, 6.45) is 3.23. The van der Waals surface area contributed by atoms with Gasteiger partial charge in [-0.15, -0.1) is 0 Å². The van der Waals surface area contributed by atoms with Gasteiger partial charge >= 0.3 is 11.9 Å². The highest BCUT2D eigenvalue weighted by atomic mass is 16.6. The summed E-state index contributed by atoms with van der Waals surface area (Å²) in [5, 5.41) is 10.5. The van der Waals surface area contributed by atoms with E-state index >= 15 is 0 Å². The third kappa shape index (κ3) is 4.17. The Labute approximate surface area is 167 Å². The Balaban J connectivity index is 2.52. The molecule has 28 heavy (non-hydrogen) atoms. The van der Waals surface area contributed by atoms with Crippen molar-refractivity contribution in [3.8, 4) is 0 Å². The van der Waals surface area contributed by atoms with E-state index < -0.39 is 28.7 Å². The molecule has 0 aromatic rings. The summed E-state index contributed by atoms with van der Waals surface area (Å²) in [4.78, 5) is 37.1. The average Bonchev–Trinajstić information content (AvgIpc) is 2.54. The van der Waals surface area contributed by atoms with Crippen molar-refractivity contribution < 1.29 is 29.0 Å². The van der Waals surface area contributed by atoms with Crippen LogP contribution < -0.4 is 0 Å². The van der Waals surface area contributed by atoms with Crippen LogP contribution in [0.4, 0.5) is 0 Å². The number of hydrogen-bond acceptors (Lipinski definition) is 6. The average molecular weight is 395 g/mol. The van der Waals surface area contributed by atoms with Gasteiger partial charge in [-0.3, -0.25) is 14.4 Å². The molecular weight excluding hydrogens is 360 g/mol. The fourth-order valence-electron chi connectivity index (χ4n) is 4.66. The van der Waals surface area contributed by atoms with Crippen molar-refractivity contribution in [2.75, 3.05) is 0 Å². The molecular formula is C22H34O6. The standard InChI is InChI=1S/C22H34O6/c1-8-13(2)19(25)27-18-9-10-21(6)12-16(24)15(20(4,5)26)11-17(21)22(18,7)28-14(3)23/h11,13,17-18,26H,8-10,12H2,1-7H3. The molecule has 1 N–H and O–H groups in total. The molecule has 1 fully saturated rings. The number of ether oxygens (including phenoxy) is 2. The minimum Gasteiger partial charge on any atom is -0.458 e. The number of aliphatic hydroxyl groups is 1. The van der Waals surface area contributed by atoms with Crippen LogP contribution in [0, 0.1) is 17.3 Å². The fraction of sp³-hybridized carbons (Fsp3) is 0.773. The van der Waals surface area contributed by atoms with E-state index in [2.05, 4.69) is 0 Å². The van der Waals surface area contributed by atoms with Crippen LogP contribution in [0.25, 0.3) is 0 Å². The number of rotatable bonds is 5. The Morgan fingerprint density at radius 2 is 1.96 bits per heavy atom. The lowest BCUT2D eigenvalue weighted by Crippen LogP contribution is -2.61. The van der Waals surface area contributed by atoms with E-state index in [9.17, 15) is 19.5 Å². The first-order chi connectivity index (χ1) is 12.7. The van der Waals surface area contributed by atoms with E-state index in [0.29, 0.717) is 24.8 Å². The molecule has 158 valence electrons. The molecule has 0 aromatic heterocycles. The van der Waals surface area contributed by atoms with Crippen molar-refractivity contribution in [3.05, 3.63) is 11.6 Å². The highest BCUT2D eigenvalue weighted by Crippen LogP contribution is 2.55. The Hall–Kier alpha value is -1.69. The van der Waals surface area contributed by atoms with Crippen LogP contribution in [-0.2, 0) is 23.9 Å². The zero-order valence-electron chi connectivity index (χ0n) is 18.1. The summed E-state index contributed by atoms with van der Waals surface area (Å²) in [6.45, 7) is 12.0. The zero-order chi connectivity index (χ0) is 21.5. The van der Waals surface area contributed by atoms with E-state index in [4.69, 9.17) is 9.47 Å². The molecule has 2 aliphatic rings. The molecule has 0 heterocycles. The van der Waals surface area contributed by atoms with Crippen LogP contribution in [0.5, 0.6) is 0 Å². The van der Waals surface area contributed by atoms with Gasteiger partial charge in [0.15, 0.2) is 11.4 Å². The maximum Gasteiger partial charge on any atom is 0.309 e. The van der Waals surface area contributed by atoms with Gasteiger partial charge in [0.25, 0.3) is 0 Å². The highest BCUT2D eigenvalue weighted by molar-refractivity contribution is 5.98. The molecule has 0 amide bonds. The topological polar surface area (TPSA) is 89.9 Å². The molecule has 0 saturated heterocycles. The van der Waals surface area contributed by atoms with Crippen molar-refractivity contribution in [1.82, 2.24) is 0 Å². The van der Waals surface area contributed by atoms with Gasteiger partial charge in [0.05, 0.1) is 11.5 Å². The summed E-state index contributed by atoms with van der Waals surface area (Å²) in [6, 6.07) is 0. The molecule has 2 rings (SSSR count). The van der Waals surface area contributed by atoms with Gasteiger partial charge in [-0.1, -0.05) is 26.8 Å². The van der Waals surface area contributed by atoms with E-state index in [1.165, 1.54) is 6.92 Å². The number of ketones is 1. The third-order valence-electron chi connectivity index (χ3n) is 6.48. The maximum atomic E-state index is 12.7. The lowest BCUT2D eigenvalue weighted by atomic mass is 9.54. The third-order valence-corrected chi connectivity index (χ3v) is 6.48. The number of esters is 2. The summed E-state index contributed by atoms with van der Waals surface area (Å²) >= 11 is 0. The Bertz CT molecular complexity index is 688. The summed E-state index contributed by atoms with van der Waals surface area (Å²) in [7, 11) is 0. The van der Waals surface area contributed by atoms with Gasteiger partial charge in [0, 0.05) is 24.8 Å². The molecule has 1 saturated carbocycles. The molecule has 0 radical (unpaired) electrons. The van der Waals surface area contributed by atoms with Crippen molar-refractivity contribution in [3.63, 3.8) is 0 Å². The van der Waals surface area contributed by atoms with E-state index in [-0.39, 0.29) is 30.0 Å². The van der Waals surface area contributed by atoms with Crippen molar-refractivity contribution in [1.29, 1.82) is 0 Å². The zero-order valence-corrected chi connectivity index (χ0v) is 18.1. The normalized spacial score (nSPS) is 34.1. The minimum absolute atomic E-state index is 0.0912. The smallest absolute Gasteiger partial charge is 0.309 e. The van der Waals surface area contributed by atoms with Gasteiger partial charge in [0.2, 0.25) is 0 Å². The first-order valence-corrected chi connectivity index (χ1v) is 10.1. The van der Waals surface area contributed by atoms with Crippen molar-refractivity contribution in [2.24, 2.45) is 17.3 Å². The van der Waals surface area contributed by atoms with Crippen LogP contribution in [0.3, 0.4) is 0 Å². The SMILES string of the molecule is CCC(C)C(=O)OC1CCC2(C)CC(=O)C(C(C)(C)O)=CC2C1(C)OC(C)=O. The molecule has 5 atom stereocenters. The largest absolute Gasteiger partial charge is 0.458 e. The predicted molar refractivity (Wildman–Crippen MR) is 104 cm³/mol. The second kappa shape index (κ2) is 7.62. The molecule has 0 bridgehead atoms. The second-order valence-corrected chi connectivity index (χ2v) is 9.42. The number of carbonyl (C=O) groups is 3. The Morgan fingerprint density at radius 3 is 2.46 bits per heavy atom. The van der Waals surface area contributed by atoms with Gasteiger partial charge in [-0.2, -0.15) is 0 Å². The molecule has 6 heteroatoms. The lowest BCUT2D eigenvalue weighted by Gasteiger charge is -2.55. The van der Waals surface area contributed by atoms with Gasteiger partial charge < -0.3 is 14.6 Å². The van der Waals surface area contributed by atoms with Crippen LogP contribution in [-0.4, -0.2) is 40.1 Å². The second-order valence-electron chi connectivity index (χ2n) is 9.42. The van der Waals surface area contributed by atoms with E-state index in [1.54, 1.807) is 26.8 Å². The molecule has 5 unspecified atom stereocenters. The Morgan fingerprint density at radius 1 is 1.36 bits per heavy atom. The lowest BCUT2D eigenvalue weighted by molar-refractivity contribution is -0.212. The summed E-state index contributed by atoms with van der Waals surface area (Å²) < 4.78 is 11.6. The quantitative estimate of drug-likeness (QED) is 0.719. The number of carbonyl (C=O) groups excluding carboxylic acids is 3. The van der Waals surface area contributed by atoms with Crippen LogP contribution >= 0.6 is 0 Å². The van der Waals surface area contributed by atoms with Crippen molar-refractivity contribution >= 4 is 17.7 Å². The molecule has 0 aliphatic heterocycles. The number of Topliss-reactive ketones (excluding diaryl/α,β-unsaturated/α-hetero) is 1. The summed E-state index contributed by atoms with van der Waals surface area (Å²) in [5.41, 5.74) is -2.52. The highest BCUT2D eigenvalue weighted by Gasteiger charge is 2.59. The van der Waals surface area contributed by atoms with Crippen LogP contribution in [0.1, 0.15) is 74.1 Å². The van der Waals surface area contributed by atoms with Gasteiger partial charge in [-0.25, -0.2) is 0 Å². The molecule has 6 nitrogen and oxygen atoms in total. The first kappa shape index (κ1) is 22.6. The van der Waals surface area contributed by atoms with Crippen LogP contribution in [0.15, 0.2) is 11.6 Å². The van der Waals surface area contributed by atoms with Gasteiger partial charge in [-0.05, 0) is 45.4 Å². The van der Waals surface area contributed by atoms with E-state index in [0.717, 1.165) is 0 Å². The summed E-state index contributed by atoms with van der Waals surface area (Å²) in [5.74, 6) is -1.47. The predicted octanol–water partition coefficient (Wildman–Crippen LogP) is 3.35. The molecule has 2 aliphatic carbocycles. The minimum atomic E-state index is -1.30. The Kier molecular flexibility index (Phi) is 6.15. The molecule has 0 spiro atoms. The van der Waals surface area contributed by atoms with E-state index in [1.807, 2.05) is 20.8 Å². The number of hydrogen-bond donors (Lipinski definition) is 1. The monoisotopic (exact) mass is 394 g/mol. The van der Waals surface area contributed by atoms with Gasteiger partial charge in [0.1, 0.15) is 6.10 Å². The fourth-order valence-corrected chi connectivity index (χ4v) is 4.66. The maximum absolute atomic E-state index is 12.7. The molecule has 0 aromatic carbocycles. The number of fused-ring (bicyclic) bond motifs is 1.